The highest BCUT2D eigenvalue weighted by atomic mass is 16.5. The van der Waals surface area contributed by atoms with Gasteiger partial charge in [-0.25, -0.2) is 0 Å². The normalized spacial score (nSPS) is 19.6. The molecule has 3 heteroatoms. The van der Waals surface area contributed by atoms with Crippen molar-refractivity contribution < 1.29 is 9.84 Å². The molecule has 1 atom stereocenters. The number of benzene rings is 1. The molecule has 0 spiro atoms. The van der Waals surface area contributed by atoms with Crippen molar-refractivity contribution in [1.29, 1.82) is 0 Å². The largest absolute Gasteiger partial charge is 0.508 e. The maximum Gasteiger partial charge on any atom is 0.120 e. The standard InChI is InChI=1S/C17H27NO2/c1-13(15-11-14(20-3)7-8-16(15)19)18-12-17(2)9-5-4-6-10-17/h7-8,11,13,18-19H,4-6,9-10,12H2,1-3H3. The molecule has 1 aromatic carbocycles. The van der Waals surface area contributed by atoms with Crippen molar-refractivity contribution in [3.63, 3.8) is 0 Å². The first-order valence-electron chi connectivity index (χ1n) is 7.64. The van der Waals surface area contributed by atoms with Gasteiger partial charge in [0.05, 0.1) is 7.11 Å². The molecule has 0 amide bonds. The zero-order valence-corrected chi connectivity index (χ0v) is 12.9. The van der Waals surface area contributed by atoms with E-state index < -0.39 is 0 Å². The van der Waals surface area contributed by atoms with Crippen LogP contribution < -0.4 is 10.1 Å². The van der Waals surface area contributed by atoms with Gasteiger partial charge >= 0.3 is 0 Å². The Morgan fingerprint density at radius 2 is 2.00 bits per heavy atom. The number of ether oxygens (including phenoxy) is 1. The SMILES string of the molecule is COc1ccc(O)c(C(C)NCC2(C)CCCCC2)c1. The number of phenols is 1. The van der Waals surface area contributed by atoms with Gasteiger partial charge in [0, 0.05) is 18.2 Å². The summed E-state index contributed by atoms with van der Waals surface area (Å²) < 4.78 is 5.24. The number of methoxy groups -OCH3 is 1. The van der Waals surface area contributed by atoms with E-state index in [1.54, 1.807) is 19.2 Å². The highest BCUT2D eigenvalue weighted by Gasteiger charge is 2.27. The van der Waals surface area contributed by atoms with E-state index >= 15 is 0 Å². The van der Waals surface area contributed by atoms with E-state index in [2.05, 4.69) is 19.2 Å². The van der Waals surface area contributed by atoms with E-state index in [-0.39, 0.29) is 6.04 Å². The van der Waals surface area contributed by atoms with Gasteiger partial charge in [-0.1, -0.05) is 26.2 Å². The highest BCUT2D eigenvalue weighted by Crippen LogP contribution is 2.36. The molecule has 2 rings (SSSR count). The van der Waals surface area contributed by atoms with Crippen molar-refractivity contribution in [2.75, 3.05) is 13.7 Å². The van der Waals surface area contributed by atoms with Crippen LogP contribution in [-0.2, 0) is 0 Å². The highest BCUT2D eigenvalue weighted by molar-refractivity contribution is 5.41. The van der Waals surface area contributed by atoms with E-state index in [9.17, 15) is 5.11 Å². The molecule has 1 aliphatic carbocycles. The van der Waals surface area contributed by atoms with E-state index in [1.807, 2.05) is 6.07 Å². The van der Waals surface area contributed by atoms with Gasteiger partial charge < -0.3 is 15.2 Å². The molecule has 0 aromatic heterocycles. The third-order valence-electron chi connectivity index (χ3n) is 4.60. The fourth-order valence-corrected chi connectivity index (χ4v) is 3.10. The van der Waals surface area contributed by atoms with Crippen molar-refractivity contribution in [3.05, 3.63) is 23.8 Å². The van der Waals surface area contributed by atoms with Crippen LogP contribution in [0.25, 0.3) is 0 Å². The minimum absolute atomic E-state index is 0.129. The Kier molecular flexibility index (Phi) is 4.92. The fraction of sp³-hybridized carbons (Fsp3) is 0.647. The van der Waals surface area contributed by atoms with Gasteiger partial charge in [-0.15, -0.1) is 0 Å². The second-order valence-electron chi connectivity index (χ2n) is 6.40. The Balaban J connectivity index is 1.99. The van der Waals surface area contributed by atoms with Crippen molar-refractivity contribution in [2.45, 2.75) is 52.0 Å². The maximum atomic E-state index is 10.0. The molecule has 1 saturated carbocycles. The van der Waals surface area contributed by atoms with Crippen LogP contribution in [0.1, 0.15) is 57.6 Å². The molecule has 1 aromatic rings. The van der Waals surface area contributed by atoms with Gasteiger partial charge in [-0.05, 0) is 43.4 Å². The predicted octanol–water partition coefficient (Wildman–Crippen LogP) is 4.02. The molecule has 20 heavy (non-hydrogen) atoms. The lowest BCUT2D eigenvalue weighted by molar-refractivity contribution is 0.201. The molecule has 0 radical (unpaired) electrons. The van der Waals surface area contributed by atoms with Gasteiger partial charge in [-0.3, -0.25) is 0 Å². The molecule has 0 bridgehead atoms. The van der Waals surface area contributed by atoms with Crippen molar-refractivity contribution in [2.24, 2.45) is 5.41 Å². The topological polar surface area (TPSA) is 41.5 Å². The van der Waals surface area contributed by atoms with Crippen LogP contribution in [0.3, 0.4) is 0 Å². The quantitative estimate of drug-likeness (QED) is 0.854. The predicted molar refractivity (Wildman–Crippen MR) is 82.3 cm³/mol. The fourth-order valence-electron chi connectivity index (χ4n) is 3.10. The number of hydrogen-bond acceptors (Lipinski definition) is 3. The molecule has 2 N–H and O–H groups in total. The lowest BCUT2D eigenvalue weighted by Gasteiger charge is -2.35. The summed E-state index contributed by atoms with van der Waals surface area (Å²) in [6.07, 6.45) is 6.67. The molecular weight excluding hydrogens is 250 g/mol. The number of nitrogens with one attached hydrogen (secondary N) is 1. The second kappa shape index (κ2) is 6.49. The molecule has 1 fully saturated rings. The minimum Gasteiger partial charge on any atom is -0.508 e. The third-order valence-corrected chi connectivity index (χ3v) is 4.60. The second-order valence-corrected chi connectivity index (χ2v) is 6.40. The Labute approximate surface area is 122 Å². The van der Waals surface area contributed by atoms with Gasteiger partial charge in [0.15, 0.2) is 0 Å². The van der Waals surface area contributed by atoms with Gasteiger partial charge in [0.1, 0.15) is 11.5 Å². The molecule has 3 nitrogen and oxygen atoms in total. The first-order valence-corrected chi connectivity index (χ1v) is 7.64. The van der Waals surface area contributed by atoms with E-state index in [1.165, 1.54) is 32.1 Å². The van der Waals surface area contributed by atoms with Gasteiger partial charge in [-0.2, -0.15) is 0 Å². The average molecular weight is 277 g/mol. The van der Waals surface area contributed by atoms with Crippen molar-refractivity contribution in [3.8, 4) is 11.5 Å². The summed E-state index contributed by atoms with van der Waals surface area (Å²) in [5, 5.41) is 13.6. The van der Waals surface area contributed by atoms with E-state index in [4.69, 9.17) is 4.74 Å². The zero-order chi connectivity index (χ0) is 14.6. The summed E-state index contributed by atoms with van der Waals surface area (Å²) in [7, 11) is 1.65. The molecule has 0 heterocycles. The van der Waals surface area contributed by atoms with Gasteiger partial charge in [0.25, 0.3) is 0 Å². The van der Waals surface area contributed by atoms with Crippen LogP contribution in [0.2, 0.25) is 0 Å². The minimum atomic E-state index is 0.129. The first-order chi connectivity index (χ1) is 9.54. The van der Waals surface area contributed by atoms with Crippen molar-refractivity contribution in [1.82, 2.24) is 5.32 Å². The van der Waals surface area contributed by atoms with E-state index in [0.717, 1.165) is 17.9 Å². The zero-order valence-electron chi connectivity index (χ0n) is 12.9. The molecule has 1 aliphatic rings. The van der Waals surface area contributed by atoms with Gasteiger partial charge in [0.2, 0.25) is 0 Å². The Morgan fingerprint density at radius 3 is 2.65 bits per heavy atom. The summed E-state index contributed by atoms with van der Waals surface area (Å²) in [6.45, 7) is 5.48. The van der Waals surface area contributed by atoms with Crippen LogP contribution in [0.4, 0.5) is 0 Å². The number of hydrogen-bond donors (Lipinski definition) is 2. The summed E-state index contributed by atoms with van der Waals surface area (Å²) in [5.41, 5.74) is 1.31. The Hall–Kier alpha value is -1.22. The molecular formula is C17H27NO2. The summed E-state index contributed by atoms with van der Waals surface area (Å²) in [4.78, 5) is 0. The molecule has 0 aliphatic heterocycles. The third kappa shape index (κ3) is 3.66. The van der Waals surface area contributed by atoms with Crippen LogP contribution in [0.15, 0.2) is 18.2 Å². The number of phenolic OH excluding ortho intramolecular Hbond substituents is 1. The summed E-state index contributed by atoms with van der Waals surface area (Å²) >= 11 is 0. The Bertz CT molecular complexity index is 439. The van der Waals surface area contributed by atoms with Crippen LogP contribution >= 0.6 is 0 Å². The summed E-state index contributed by atoms with van der Waals surface area (Å²) in [6, 6.07) is 5.53. The molecule has 112 valence electrons. The number of aromatic hydroxyl groups is 1. The lowest BCUT2D eigenvalue weighted by Crippen LogP contribution is -2.35. The van der Waals surface area contributed by atoms with E-state index in [0.29, 0.717) is 11.2 Å². The average Bonchev–Trinajstić information content (AvgIpc) is 2.46. The molecule has 0 saturated heterocycles. The Morgan fingerprint density at radius 1 is 1.30 bits per heavy atom. The summed E-state index contributed by atoms with van der Waals surface area (Å²) in [5.74, 6) is 1.12. The maximum absolute atomic E-state index is 10.0. The van der Waals surface area contributed by atoms with Crippen LogP contribution in [0, 0.1) is 5.41 Å². The van der Waals surface area contributed by atoms with Crippen LogP contribution in [-0.4, -0.2) is 18.8 Å². The lowest BCUT2D eigenvalue weighted by atomic mass is 9.75. The first kappa shape index (κ1) is 15.2. The molecule has 1 unspecified atom stereocenters. The monoisotopic (exact) mass is 277 g/mol. The smallest absolute Gasteiger partial charge is 0.120 e. The van der Waals surface area contributed by atoms with Crippen molar-refractivity contribution >= 4 is 0 Å². The number of rotatable bonds is 5. The van der Waals surface area contributed by atoms with Crippen LogP contribution in [0.5, 0.6) is 11.5 Å².